The summed E-state index contributed by atoms with van der Waals surface area (Å²) in [5, 5.41) is 18.7. The van der Waals surface area contributed by atoms with Crippen LogP contribution in [0, 0.1) is 17.2 Å². The largest absolute Gasteiger partial charge is 0.435 e. The van der Waals surface area contributed by atoms with Crippen molar-refractivity contribution in [2.24, 2.45) is 16.8 Å². The summed E-state index contributed by atoms with van der Waals surface area (Å²) in [6.07, 6.45) is 13.0. The van der Waals surface area contributed by atoms with Crippen LogP contribution in [0.2, 0.25) is 0 Å². The third-order valence-corrected chi connectivity index (χ3v) is 6.62. The average Bonchev–Trinajstić information content (AvgIpc) is 3.73. The van der Waals surface area contributed by atoms with Crippen LogP contribution < -0.4 is 10.1 Å². The Labute approximate surface area is 205 Å². The molecule has 3 N–H and O–H groups in total. The van der Waals surface area contributed by atoms with E-state index in [1.54, 1.807) is 34.9 Å². The number of ether oxygens (including phenoxy) is 1. The maximum Gasteiger partial charge on any atom is 0.290 e. The van der Waals surface area contributed by atoms with Crippen LogP contribution in [0.15, 0.2) is 58.6 Å². The van der Waals surface area contributed by atoms with Gasteiger partial charge in [0.2, 0.25) is 5.88 Å². The van der Waals surface area contributed by atoms with Crippen LogP contribution in [-0.2, 0) is 6.42 Å². The zero-order valence-electron chi connectivity index (χ0n) is 18.1. The molecule has 0 saturated heterocycles. The molecular weight excluding hydrogens is 534 g/mol. The van der Waals surface area contributed by atoms with Crippen LogP contribution in [0.1, 0.15) is 49.4 Å². The second-order valence-electron chi connectivity index (χ2n) is 8.80. The van der Waals surface area contributed by atoms with E-state index in [2.05, 4.69) is 26.6 Å². The molecule has 0 bridgehead atoms. The topological polar surface area (TPSA) is 99.0 Å². The number of alkyl halides is 2. The van der Waals surface area contributed by atoms with Gasteiger partial charge in [0.15, 0.2) is 0 Å². The predicted molar refractivity (Wildman–Crippen MR) is 133 cm³/mol. The van der Waals surface area contributed by atoms with Crippen LogP contribution in [-0.4, -0.2) is 31.5 Å². The van der Waals surface area contributed by atoms with E-state index in [0.29, 0.717) is 23.4 Å². The van der Waals surface area contributed by atoms with Crippen molar-refractivity contribution in [3.05, 3.63) is 64.9 Å². The first kappa shape index (κ1) is 22.2. The number of halogens is 2. The van der Waals surface area contributed by atoms with Crippen molar-refractivity contribution in [3.63, 3.8) is 0 Å². The molecule has 2 aromatic heterocycles. The molecule has 172 valence electrons. The lowest BCUT2D eigenvalue weighted by Crippen LogP contribution is -2.28. The van der Waals surface area contributed by atoms with Crippen molar-refractivity contribution in [1.82, 2.24) is 20.5 Å². The van der Waals surface area contributed by atoms with Crippen LogP contribution in [0.4, 0.5) is 4.39 Å². The number of H-pyrrole nitrogens is 1. The van der Waals surface area contributed by atoms with Gasteiger partial charge in [-0.25, -0.2) is 5.10 Å². The number of hydrogen-bond acceptors (Lipinski definition) is 6. The Morgan fingerprint density at radius 3 is 2.94 bits per heavy atom. The van der Waals surface area contributed by atoms with Crippen molar-refractivity contribution >= 4 is 34.5 Å². The smallest absolute Gasteiger partial charge is 0.290 e. The van der Waals surface area contributed by atoms with Crippen molar-refractivity contribution in [1.29, 1.82) is 5.41 Å². The molecule has 0 aromatic carbocycles. The summed E-state index contributed by atoms with van der Waals surface area (Å²) in [6, 6.07) is 6.05. The maximum atomic E-state index is 13.0. The molecule has 3 atom stereocenters. The molecule has 0 spiro atoms. The lowest BCUT2D eigenvalue weighted by atomic mass is 10.0. The molecule has 1 aliphatic heterocycles. The van der Waals surface area contributed by atoms with Gasteiger partial charge in [-0.05, 0) is 67.6 Å². The van der Waals surface area contributed by atoms with E-state index < -0.39 is 4.36 Å². The Balaban J connectivity index is 1.30. The predicted octanol–water partition coefficient (Wildman–Crippen LogP) is 5.20. The van der Waals surface area contributed by atoms with Gasteiger partial charge in [0.05, 0.1) is 17.4 Å². The average molecular weight is 560 g/mol. The highest BCUT2D eigenvalue weighted by atomic mass is 127. The fraction of sp³-hybridized carbons (Fsp3) is 0.417. The number of nitrogens with zero attached hydrogens (tertiary/aromatic N) is 3. The van der Waals surface area contributed by atoms with Gasteiger partial charge in [0, 0.05) is 53.5 Å². The first-order chi connectivity index (χ1) is 16.1. The number of aryl methyl sites for hydroxylation is 1. The molecule has 33 heavy (non-hydrogen) atoms. The lowest BCUT2D eigenvalue weighted by Gasteiger charge is -2.22. The van der Waals surface area contributed by atoms with Gasteiger partial charge >= 0.3 is 0 Å². The van der Waals surface area contributed by atoms with E-state index in [9.17, 15) is 4.39 Å². The number of aromatic nitrogens is 3. The first-order valence-electron chi connectivity index (χ1n) is 11.3. The van der Waals surface area contributed by atoms with Gasteiger partial charge in [-0.15, -0.1) is 0 Å². The van der Waals surface area contributed by atoms with Gasteiger partial charge in [0.25, 0.3) is 4.36 Å². The fourth-order valence-electron chi connectivity index (χ4n) is 4.44. The quantitative estimate of drug-likeness (QED) is 0.212. The monoisotopic (exact) mass is 560 g/mol. The Morgan fingerprint density at radius 1 is 1.33 bits per heavy atom. The molecule has 3 heterocycles. The Bertz CT molecular complexity index is 1110. The number of nitrogens with one attached hydrogen (secondary N) is 3. The van der Waals surface area contributed by atoms with E-state index in [-0.39, 0.29) is 6.04 Å². The molecule has 2 aliphatic carbocycles. The number of aromatic amines is 1. The van der Waals surface area contributed by atoms with E-state index >= 15 is 0 Å². The van der Waals surface area contributed by atoms with Crippen molar-refractivity contribution < 1.29 is 9.13 Å². The molecule has 2 aromatic rings. The van der Waals surface area contributed by atoms with Crippen molar-refractivity contribution in [2.45, 2.75) is 48.9 Å². The minimum Gasteiger partial charge on any atom is -0.435 e. The summed E-state index contributed by atoms with van der Waals surface area (Å²) in [7, 11) is 0. The molecule has 3 aliphatic rings. The SMILES string of the molecule is N=CC1=N/C=C(/CCc2cc(OC(F)I)[nH]n2)CC2C/C2=C\1N[C@@H](c1cccnc1)C1CC1. The first-order valence-corrected chi connectivity index (χ1v) is 12.5. The lowest BCUT2D eigenvalue weighted by molar-refractivity contribution is 0.164. The summed E-state index contributed by atoms with van der Waals surface area (Å²) >= 11 is 1.56. The zero-order valence-corrected chi connectivity index (χ0v) is 20.3. The fourth-order valence-corrected chi connectivity index (χ4v) is 4.72. The number of aliphatic imine (C=N–C) groups is 1. The second-order valence-corrected chi connectivity index (χ2v) is 9.78. The van der Waals surface area contributed by atoms with Crippen LogP contribution in [0.5, 0.6) is 5.88 Å². The number of allylic oxidation sites excluding steroid dienone is 3. The van der Waals surface area contributed by atoms with E-state index in [4.69, 9.17) is 15.1 Å². The van der Waals surface area contributed by atoms with Gasteiger partial charge in [-0.2, -0.15) is 9.49 Å². The Kier molecular flexibility index (Phi) is 6.57. The summed E-state index contributed by atoms with van der Waals surface area (Å²) in [5.41, 5.74) is 6.34. The van der Waals surface area contributed by atoms with E-state index in [1.807, 2.05) is 18.5 Å². The van der Waals surface area contributed by atoms with Gasteiger partial charge in [-0.3, -0.25) is 9.98 Å². The van der Waals surface area contributed by atoms with E-state index in [1.165, 1.54) is 35.8 Å². The third-order valence-electron chi connectivity index (χ3n) is 6.37. The standard InChI is InChI=1S/C24H26FIN6O/c25-24(26)33-21-10-18(31-32-21)6-3-14-8-17-9-19(17)23(20(11-27)29-12-14)30-22(15-4-5-15)16-2-1-7-28-13-16/h1-2,7,10-13,15,17,22,24,27,30H,3-6,8-9H2,(H,31,32)/b14-12-,23-19-,27-11?,29-20-/t17?,22-,24?/m1/s1. The molecule has 7 nitrogen and oxygen atoms in total. The molecule has 2 fully saturated rings. The van der Waals surface area contributed by atoms with Crippen molar-refractivity contribution in [2.75, 3.05) is 0 Å². The minimum atomic E-state index is -1.40. The van der Waals surface area contributed by atoms with Crippen molar-refractivity contribution in [3.8, 4) is 5.88 Å². The summed E-state index contributed by atoms with van der Waals surface area (Å²) in [5.74, 6) is 1.43. The summed E-state index contributed by atoms with van der Waals surface area (Å²) in [6.45, 7) is 0. The number of rotatable bonds is 10. The third kappa shape index (κ3) is 5.51. The Hall–Kier alpha value is -2.56. The van der Waals surface area contributed by atoms with Gasteiger partial charge < -0.3 is 15.5 Å². The molecular formula is C24H26FIN6O. The summed E-state index contributed by atoms with van der Waals surface area (Å²) < 4.78 is 16.6. The normalized spacial score (nSPS) is 27.0. The molecule has 0 amide bonds. The summed E-state index contributed by atoms with van der Waals surface area (Å²) in [4.78, 5) is 9.00. The number of pyridine rings is 1. The maximum absolute atomic E-state index is 13.0. The second kappa shape index (κ2) is 9.74. The molecule has 2 unspecified atom stereocenters. The number of fused-ring (bicyclic) bond motifs is 1. The molecule has 9 heteroatoms. The van der Waals surface area contributed by atoms with E-state index in [0.717, 1.165) is 37.1 Å². The van der Waals surface area contributed by atoms with Gasteiger partial charge in [-0.1, -0.05) is 11.6 Å². The minimum absolute atomic E-state index is 0.206. The van der Waals surface area contributed by atoms with Crippen LogP contribution in [0.25, 0.3) is 0 Å². The zero-order chi connectivity index (χ0) is 22.8. The molecule has 2 saturated carbocycles. The molecule has 0 radical (unpaired) electrons. The highest BCUT2D eigenvalue weighted by Gasteiger charge is 2.39. The Morgan fingerprint density at radius 2 is 2.21 bits per heavy atom. The molecule has 5 rings (SSSR count). The van der Waals surface area contributed by atoms with Gasteiger partial charge in [0.1, 0.15) is 5.71 Å². The highest BCUT2D eigenvalue weighted by Crippen LogP contribution is 2.48. The van der Waals surface area contributed by atoms with Crippen LogP contribution >= 0.6 is 22.6 Å². The number of hydrogen-bond donors (Lipinski definition) is 3. The highest BCUT2D eigenvalue weighted by molar-refractivity contribution is 14.1. The van der Waals surface area contributed by atoms with Crippen LogP contribution in [0.3, 0.4) is 0 Å².